The van der Waals surface area contributed by atoms with E-state index in [0.29, 0.717) is 25.4 Å². The van der Waals surface area contributed by atoms with Crippen molar-refractivity contribution in [1.29, 1.82) is 0 Å². The first-order chi connectivity index (χ1) is 10.5. The highest BCUT2D eigenvalue weighted by Gasteiger charge is 2.35. The minimum atomic E-state index is -0.187. The third-order valence-corrected chi connectivity index (χ3v) is 4.18. The molecule has 0 N–H and O–H groups in total. The van der Waals surface area contributed by atoms with Gasteiger partial charge in [0.15, 0.2) is 0 Å². The van der Waals surface area contributed by atoms with Crippen LogP contribution in [0.15, 0.2) is 30.3 Å². The molecule has 0 spiro atoms. The number of hydrogen-bond donors (Lipinski definition) is 0. The molecule has 2 rings (SSSR count). The smallest absolute Gasteiger partial charge is 0.228 e. The molecule has 0 bridgehead atoms. The molecule has 22 heavy (non-hydrogen) atoms. The van der Waals surface area contributed by atoms with E-state index in [-0.39, 0.29) is 17.7 Å². The summed E-state index contributed by atoms with van der Waals surface area (Å²) in [6.07, 6.45) is 1.35. The summed E-state index contributed by atoms with van der Waals surface area (Å²) in [7, 11) is 1.82. The lowest BCUT2D eigenvalue weighted by Crippen LogP contribution is -2.34. The van der Waals surface area contributed by atoms with Gasteiger partial charge in [0.2, 0.25) is 11.8 Å². The molecule has 1 aromatic rings. The monoisotopic (exact) mass is 302 g/mol. The van der Waals surface area contributed by atoms with Gasteiger partial charge in [0, 0.05) is 33.1 Å². The normalized spacial score (nSPS) is 18.1. The van der Waals surface area contributed by atoms with Gasteiger partial charge in [-0.3, -0.25) is 9.59 Å². The molecular weight excluding hydrogens is 276 g/mol. The van der Waals surface area contributed by atoms with Crippen molar-refractivity contribution < 1.29 is 9.59 Å². The van der Waals surface area contributed by atoms with Gasteiger partial charge in [0.05, 0.1) is 5.92 Å². The second-order valence-electron chi connectivity index (χ2n) is 6.60. The minimum Gasteiger partial charge on any atom is -0.342 e. The van der Waals surface area contributed by atoms with Crippen LogP contribution in [-0.2, 0) is 16.1 Å². The number of rotatable bonds is 6. The van der Waals surface area contributed by atoms with Crippen molar-refractivity contribution in [2.24, 2.45) is 11.8 Å². The van der Waals surface area contributed by atoms with Crippen LogP contribution in [0.3, 0.4) is 0 Å². The number of carbonyl (C=O) groups is 2. The lowest BCUT2D eigenvalue weighted by molar-refractivity contribution is -0.135. The van der Waals surface area contributed by atoms with Gasteiger partial charge in [-0.2, -0.15) is 0 Å². The third-order valence-electron chi connectivity index (χ3n) is 4.18. The van der Waals surface area contributed by atoms with E-state index < -0.39 is 0 Å². The Morgan fingerprint density at radius 2 is 2.00 bits per heavy atom. The van der Waals surface area contributed by atoms with Crippen LogP contribution in [0.2, 0.25) is 0 Å². The molecule has 1 fully saturated rings. The van der Waals surface area contributed by atoms with Crippen LogP contribution in [0.5, 0.6) is 0 Å². The minimum absolute atomic E-state index is 0.0734. The topological polar surface area (TPSA) is 40.6 Å². The van der Waals surface area contributed by atoms with Crippen molar-refractivity contribution in [3.8, 4) is 0 Å². The zero-order valence-corrected chi connectivity index (χ0v) is 13.8. The molecule has 0 aliphatic carbocycles. The maximum Gasteiger partial charge on any atom is 0.228 e. The van der Waals surface area contributed by atoms with Gasteiger partial charge in [0.1, 0.15) is 0 Å². The molecule has 1 heterocycles. The predicted octanol–water partition coefficient (Wildman–Crippen LogP) is 2.54. The van der Waals surface area contributed by atoms with E-state index in [1.165, 1.54) is 0 Å². The van der Waals surface area contributed by atoms with E-state index in [1.54, 1.807) is 4.90 Å². The summed E-state index contributed by atoms with van der Waals surface area (Å²) < 4.78 is 0. The number of amides is 2. The summed E-state index contributed by atoms with van der Waals surface area (Å²) in [5.41, 5.74) is 1.11. The van der Waals surface area contributed by atoms with Crippen molar-refractivity contribution in [1.82, 2.24) is 9.80 Å². The summed E-state index contributed by atoms with van der Waals surface area (Å²) in [5.74, 6) is 0.577. The molecule has 1 aliphatic heterocycles. The Morgan fingerprint density at radius 1 is 1.32 bits per heavy atom. The first-order valence-electron chi connectivity index (χ1n) is 8.04. The summed E-state index contributed by atoms with van der Waals surface area (Å²) in [4.78, 5) is 28.1. The molecule has 2 amide bonds. The van der Waals surface area contributed by atoms with Gasteiger partial charge in [-0.1, -0.05) is 44.2 Å². The second kappa shape index (κ2) is 7.43. The van der Waals surface area contributed by atoms with Crippen molar-refractivity contribution in [3.63, 3.8) is 0 Å². The highest BCUT2D eigenvalue weighted by molar-refractivity contribution is 5.89. The Balaban J connectivity index is 1.89. The Bertz CT molecular complexity index is 513. The van der Waals surface area contributed by atoms with Crippen LogP contribution in [0.25, 0.3) is 0 Å². The van der Waals surface area contributed by atoms with E-state index in [1.807, 2.05) is 42.3 Å². The Hall–Kier alpha value is -1.84. The predicted molar refractivity (Wildman–Crippen MR) is 87.1 cm³/mol. The number of likely N-dealkylation sites (tertiary alicyclic amines) is 1. The van der Waals surface area contributed by atoms with E-state index in [2.05, 4.69) is 13.8 Å². The standard InChI is InChI=1S/C18H26N2O2/c1-14(2)9-10-20-13-16(11-17(20)21)18(22)19(3)12-15-7-5-4-6-8-15/h4-8,14,16H,9-13H2,1-3H3/t16-/m0/s1. The molecular formula is C18H26N2O2. The van der Waals surface area contributed by atoms with Gasteiger partial charge in [-0.25, -0.2) is 0 Å². The SMILES string of the molecule is CC(C)CCN1C[C@@H](C(=O)N(C)Cc2ccccc2)CC1=O. The van der Waals surface area contributed by atoms with Gasteiger partial charge in [0.25, 0.3) is 0 Å². The van der Waals surface area contributed by atoms with Gasteiger partial charge >= 0.3 is 0 Å². The van der Waals surface area contributed by atoms with E-state index >= 15 is 0 Å². The first-order valence-corrected chi connectivity index (χ1v) is 8.04. The Kier molecular flexibility index (Phi) is 5.58. The third kappa shape index (κ3) is 4.33. The van der Waals surface area contributed by atoms with Crippen molar-refractivity contribution in [2.75, 3.05) is 20.1 Å². The van der Waals surface area contributed by atoms with Crippen LogP contribution in [0.4, 0.5) is 0 Å². The summed E-state index contributed by atoms with van der Waals surface area (Å²) in [5, 5.41) is 0. The summed E-state index contributed by atoms with van der Waals surface area (Å²) in [6, 6.07) is 9.94. The van der Waals surface area contributed by atoms with Crippen LogP contribution in [0.1, 0.15) is 32.3 Å². The van der Waals surface area contributed by atoms with E-state index in [4.69, 9.17) is 0 Å². The molecule has 4 heteroatoms. The zero-order chi connectivity index (χ0) is 16.1. The van der Waals surface area contributed by atoms with Gasteiger partial charge in [-0.15, -0.1) is 0 Å². The largest absolute Gasteiger partial charge is 0.342 e. The van der Waals surface area contributed by atoms with Crippen LogP contribution < -0.4 is 0 Å². The number of benzene rings is 1. The average Bonchev–Trinajstić information content (AvgIpc) is 2.86. The first kappa shape index (κ1) is 16.5. The number of hydrogen-bond acceptors (Lipinski definition) is 2. The Morgan fingerprint density at radius 3 is 2.64 bits per heavy atom. The molecule has 1 aromatic carbocycles. The quantitative estimate of drug-likeness (QED) is 0.810. The fourth-order valence-electron chi connectivity index (χ4n) is 2.81. The average molecular weight is 302 g/mol. The fourth-order valence-corrected chi connectivity index (χ4v) is 2.81. The lowest BCUT2D eigenvalue weighted by atomic mass is 10.1. The van der Waals surface area contributed by atoms with Crippen LogP contribution in [-0.4, -0.2) is 41.8 Å². The van der Waals surface area contributed by atoms with Crippen LogP contribution >= 0.6 is 0 Å². The lowest BCUT2D eigenvalue weighted by Gasteiger charge is -2.22. The maximum atomic E-state index is 12.5. The molecule has 0 unspecified atom stereocenters. The van der Waals surface area contributed by atoms with E-state index in [9.17, 15) is 9.59 Å². The second-order valence-corrected chi connectivity index (χ2v) is 6.60. The molecule has 1 atom stereocenters. The Labute approximate surface area is 133 Å². The van der Waals surface area contributed by atoms with Gasteiger partial charge in [-0.05, 0) is 17.9 Å². The maximum absolute atomic E-state index is 12.5. The molecule has 0 radical (unpaired) electrons. The van der Waals surface area contributed by atoms with Crippen molar-refractivity contribution in [3.05, 3.63) is 35.9 Å². The highest BCUT2D eigenvalue weighted by atomic mass is 16.2. The van der Waals surface area contributed by atoms with E-state index in [0.717, 1.165) is 18.5 Å². The fraction of sp³-hybridized carbons (Fsp3) is 0.556. The zero-order valence-electron chi connectivity index (χ0n) is 13.8. The van der Waals surface area contributed by atoms with Crippen molar-refractivity contribution in [2.45, 2.75) is 33.2 Å². The molecule has 1 saturated heterocycles. The molecule has 1 aliphatic rings. The highest BCUT2D eigenvalue weighted by Crippen LogP contribution is 2.21. The van der Waals surface area contributed by atoms with Gasteiger partial charge < -0.3 is 9.80 Å². The molecule has 4 nitrogen and oxygen atoms in total. The molecule has 120 valence electrons. The number of carbonyl (C=O) groups excluding carboxylic acids is 2. The summed E-state index contributed by atoms with van der Waals surface area (Å²) >= 11 is 0. The molecule has 0 aromatic heterocycles. The molecule has 0 saturated carbocycles. The number of nitrogens with zero attached hydrogens (tertiary/aromatic N) is 2. The van der Waals surface area contributed by atoms with Crippen molar-refractivity contribution >= 4 is 11.8 Å². The summed E-state index contributed by atoms with van der Waals surface area (Å²) in [6.45, 7) is 6.23. The van der Waals surface area contributed by atoms with Crippen LogP contribution in [0, 0.1) is 11.8 Å².